The average Bonchev–Trinajstić information content (AvgIpc) is 2.26. The van der Waals surface area contributed by atoms with Crippen LogP contribution in [0.5, 0.6) is 5.75 Å². The molecule has 1 unspecified atom stereocenters. The van der Waals surface area contributed by atoms with Gasteiger partial charge in [-0.05, 0) is 31.5 Å². The Labute approximate surface area is 107 Å². The summed E-state index contributed by atoms with van der Waals surface area (Å²) in [4.78, 5) is 10.7. The summed E-state index contributed by atoms with van der Waals surface area (Å²) in [7, 11) is 0. The molecule has 1 atom stereocenters. The third-order valence-corrected chi connectivity index (χ3v) is 2.07. The summed E-state index contributed by atoms with van der Waals surface area (Å²) in [5, 5.41) is 12.3. The molecule has 1 rings (SSSR count). The van der Waals surface area contributed by atoms with Gasteiger partial charge in [0.05, 0.1) is 6.61 Å². The van der Waals surface area contributed by atoms with Crippen molar-refractivity contribution in [2.75, 3.05) is 0 Å². The lowest BCUT2D eigenvalue weighted by molar-refractivity contribution is -0.132. The number of esters is 1. The zero-order chi connectivity index (χ0) is 13.5. The minimum atomic E-state index is -0.988. The van der Waals surface area contributed by atoms with E-state index in [1.54, 1.807) is 24.3 Å². The number of hydrogen-bond donors (Lipinski definition) is 2. The second-order valence-corrected chi connectivity index (χ2v) is 4.22. The van der Waals surface area contributed by atoms with Crippen molar-refractivity contribution in [2.24, 2.45) is 0 Å². The van der Waals surface area contributed by atoms with Crippen molar-refractivity contribution >= 4 is 5.97 Å². The molecular formula is C13H19NO4. The third-order valence-electron chi connectivity index (χ3n) is 2.07. The van der Waals surface area contributed by atoms with Gasteiger partial charge in [-0.2, -0.15) is 0 Å². The van der Waals surface area contributed by atoms with Gasteiger partial charge in [-0.1, -0.05) is 12.1 Å². The first-order valence-corrected chi connectivity index (χ1v) is 5.80. The molecule has 1 aromatic rings. The van der Waals surface area contributed by atoms with Crippen LogP contribution >= 0.6 is 0 Å². The molecule has 0 aliphatic heterocycles. The van der Waals surface area contributed by atoms with Crippen LogP contribution in [0.2, 0.25) is 0 Å². The van der Waals surface area contributed by atoms with E-state index in [1.165, 1.54) is 6.92 Å². The van der Waals surface area contributed by atoms with Crippen LogP contribution in [0.1, 0.15) is 26.3 Å². The first kappa shape index (κ1) is 14.6. The highest BCUT2D eigenvalue weighted by Crippen LogP contribution is 2.13. The lowest BCUT2D eigenvalue weighted by Crippen LogP contribution is -2.36. The molecule has 18 heavy (non-hydrogen) atoms. The van der Waals surface area contributed by atoms with E-state index in [0.717, 1.165) is 5.56 Å². The summed E-state index contributed by atoms with van der Waals surface area (Å²) in [6.45, 7) is 5.47. The van der Waals surface area contributed by atoms with Gasteiger partial charge < -0.3 is 14.6 Å². The Hall–Kier alpha value is -1.43. The van der Waals surface area contributed by atoms with E-state index < -0.39 is 6.41 Å². The number of ether oxygens (including phenoxy) is 2. The van der Waals surface area contributed by atoms with E-state index >= 15 is 0 Å². The van der Waals surface area contributed by atoms with Crippen molar-refractivity contribution in [3.05, 3.63) is 29.8 Å². The smallest absolute Gasteiger partial charge is 0.308 e. The van der Waals surface area contributed by atoms with Gasteiger partial charge in [0.15, 0.2) is 0 Å². The normalized spacial score (nSPS) is 12.5. The van der Waals surface area contributed by atoms with Crippen LogP contribution in [0.15, 0.2) is 24.3 Å². The molecule has 0 fully saturated rings. The van der Waals surface area contributed by atoms with Crippen LogP contribution in [0.4, 0.5) is 0 Å². The quantitative estimate of drug-likeness (QED) is 0.456. The molecule has 0 spiro atoms. The van der Waals surface area contributed by atoms with Gasteiger partial charge in [0, 0.05) is 13.0 Å². The highest BCUT2D eigenvalue weighted by Gasteiger charge is 2.05. The molecule has 0 saturated carbocycles. The van der Waals surface area contributed by atoms with E-state index in [2.05, 4.69) is 5.32 Å². The van der Waals surface area contributed by atoms with Crippen LogP contribution < -0.4 is 10.1 Å². The predicted molar refractivity (Wildman–Crippen MR) is 66.8 cm³/mol. The molecular weight excluding hydrogens is 234 g/mol. The monoisotopic (exact) mass is 253 g/mol. The molecule has 5 nitrogen and oxygen atoms in total. The van der Waals surface area contributed by atoms with E-state index in [1.807, 2.05) is 13.8 Å². The molecule has 0 bridgehead atoms. The zero-order valence-corrected chi connectivity index (χ0v) is 10.8. The molecule has 0 amide bonds. The highest BCUT2D eigenvalue weighted by molar-refractivity contribution is 5.69. The number of aliphatic hydroxyl groups is 1. The van der Waals surface area contributed by atoms with Crippen molar-refractivity contribution in [1.29, 1.82) is 0 Å². The molecule has 5 heteroatoms. The standard InChI is InChI=1S/C13H19NO4/c1-9(2)14-13(16)17-8-11-4-6-12(7-5-11)18-10(3)15/h4-7,9,13-14,16H,8H2,1-3H3. The van der Waals surface area contributed by atoms with Crippen molar-refractivity contribution in [2.45, 2.75) is 39.8 Å². The fourth-order valence-corrected chi connectivity index (χ4v) is 1.33. The van der Waals surface area contributed by atoms with Crippen LogP contribution in [-0.2, 0) is 16.1 Å². The molecule has 0 heterocycles. The Bertz CT molecular complexity index is 375. The third kappa shape index (κ3) is 5.77. The Morgan fingerprint density at radius 2 is 1.94 bits per heavy atom. The maximum Gasteiger partial charge on any atom is 0.308 e. The topological polar surface area (TPSA) is 67.8 Å². The number of carbonyl (C=O) groups excluding carboxylic acids is 1. The minimum Gasteiger partial charge on any atom is -0.427 e. The van der Waals surface area contributed by atoms with Crippen molar-refractivity contribution in [3.8, 4) is 5.75 Å². The number of aliphatic hydroxyl groups excluding tert-OH is 1. The van der Waals surface area contributed by atoms with Crippen molar-refractivity contribution < 1.29 is 19.4 Å². The van der Waals surface area contributed by atoms with E-state index in [9.17, 15) is 9.90 Å². The van der Waals surface area contributed by atoms with Gasteiger partial charge in [0.2, 0.25) is 6.41 Å². The predicted octanol–water partition coefficient (Wildman–Crippen LogP) is 1.40. The maximum absolute atomic E-state index is 10.7. The molecule has 0 saturated heterocycles. The second-order valence-electron chi connectivity index (χ2n) is 4.22. The first-order valence-electron chi connectivity index (χ1n) is 5.80. The summed E-state index contributed by atoms with van der Waals surface area (Å²) >= 11 is 0. The largest absolute Gasteiger partial charge is 0.427 e. The van der Waals surface area contributed by atoms with Gasteiger partial charge in [-0.25, -0.2) is 0 Å². The number of hydrogen-bond acceptors (Lipinski definition) is 5. The van der Waals surface area contributed by atoms with Gasteiger partial charge in [-0.15, -0.1) is 0 Å². The fraction of sp³-hybridized carbons (Fsp3) is 0.462. The number of carbonyl (C=O) groups is 1. The number of nitrogens with one attached hydrogen (secondary N) is 1. The zero-order valence-electron chi connectivity index (χ0n) is 10.8. The lowest BCUT2D eigenvalue weighted by atomic mass is 10.2. The SMILES string of the molecule is CC(=O)Oc1ccc(COC(O)NC(C)C)cc1. The van der Waals surface area contributed by atoms with Gasteiger partial charge in [0.1, 0.15) is 5.75 Å². The fourth-order valence-electron chi connectivity index (χ4n) is 1.33. The molecule has 0 aliphatic rings. The van der Waals surface area contributed by atoms with Gasteiger partial charge >= 0.3 is 5.97 Å². The molecule has 0 aliphatic carbocycles. The molecule has 100 valence electrons. The van der Waals surface area contributed by atoms with Gasteiger partial charge in [-0.3, -0.25) is 10.1 Å². The second kappa shape index (κ2) is 7.10. The maximum atomic E-state index is 10.7. The lowest BCUT2D eigenvalue weighted by Gasteiger charge is -2.16. The number of benzene rings is 1. The Balaban J connectivity index is 2.41. The summed E-state index contributed by atoms with van der Waals surface area (Å²) in [5.74, 6) is 0.141. The molecule has 1 aromatic carbocycles. The number of rotatable bonds is 6. The summed E-state index contributed by atoms with van der Waals surface area (Å²) in [6, 6.07) is 7.07. The van der Waals surface area contributed by atoms with Crippen LogP contribution in [0.25, 0.3) is 0 Å². The summed E-state index contributed by atoms with van der Waals surface area (Å²) < 4.78 is 10.1. The first-order chi connectivity index (χ1) is 8.47. The molecule has 2 N–H and O–H groups in total. The summed E-state index contributed by atoms with van der Waals surface area (Å²) in [5.41, 5.74) is 0.885. The highest BCUT2D eigenvalue weighted by atomic mass is 16.6. The van der Waals surface area contributed by atoms with E-state index in [-0.39, 0.29) is 18.6 Å². The van der Waals surface area contributed by atoms with Crippen LogP contribution in [0, 0.1) is 0 Å². The van der Waals surface area contributed by atoms with Crippen LogP contribution in [0.3, 0.4) is 0 Å². The molecule has 0 aromatic heterocycles. The van der Waals surface area contributed by atoms with Crippen molar-refractivity contribution in [1.82, 2.24) is 5.32 Å². The van der Waals surface area contributed by atoms with E-state index in [4.69, 9.17) is 9.47 Å². The van der Waals surface area contributed by atoms with Gasteiger partial charge in [0.25, 0.3) is 0 Å². The van der Waals surface area contributed by atoms with E-state index in [0.29, 0.717) is 5.75 Å². The molecule has 0 radical (unpaired) electrons. The van der Waals surface area contributed by atoms with Crippen LogP contribution in [-0.4, -0.2) is 23.5 Å². The van der Waals surface area contributed by atoms with Crippen molar-refractivity contribution in [3.63, 3.8) is 0 Å². The minimum absolute atomic E-state index is 0.145. The Morgan fingerprint density at radius 3 is 2.44 bits per heavy atom. The Morgan fingerprint density at radius 1 is 1.33 bits per heavy atom. The Kier molecular flexibility index (Phi) is 5.77. The summed E-state index contributed by atoms with van der Waals surface area (Å²) in [6.07, 6.45) is -0.988. The average molecular weight is 253 g/mol.